The number of alkyl halides is 1. The third-order valence-corrected chi connectivity index (χ3v) is 3.53. The van der Waals surface area contributed by atoms with Crippen LogP contribution in [0.5, 0.6) is 0 Å². The molecule has 14 heavy (non-hydrogen) atoms. The molecule has 0 radical (unpaired) electrons. The van der Waals surface area contributed by atoms with E-state index in [9.17, 15) is 0 Å². The zero-order valence-electron chi connectivity index (χ0n) is 8.97. The van der Waals surface area contributed by atoms with Gasteiger partial charge in [-0.1, -0.05) is 32.1 Å². The number of nitrogens with two attached hydrogens (primary N) is 1. The van der Waals surface area contributed by atoms with E-state index in [0.717, 1.165) is 24.6 Å². The summed E-state index contributed by atoms with van der Waals surface area (Å²) in [7, 11) is 0. The number of nitrogens with one attached hydrogen (secondary N) is 1. The molecule has 0 heterocycles. The molecule has 3 N–H and O–H groups in total. The molecule has 1 aliphatic carbocycles. The highest BCUT2D eigenvalue weighted by Gasteiger charge is 2.17. The molecule has 0 aromatic carbocycles. The fourth-order valence-corrected chi connectivity index (χ4v) is 2.57. The Morgan fingerprint density at radius 2 is 2.00 bits per heavy atom. The number of rotatable bonds is 6. The second kappa shape index (κ2) is 7.49. The maximum absolute atomic E-state index is 5.68. The Bertz CT molecular complexity index is 135. The van der Waals surface area contributed by atoms with Crippen molar-refractivity contribution >= 4 is 11.6 Å². The molecule has 1 fully saturated rings. The average Bonchev–Trinajstić information content (AvgIpc) is 2.25. The van der Waals surface area contributed by atoms with Crippen molar-refractivity contribution < 1.29 is 0 Å². The van der Waals surface area contributed by atoms with Gasteiger partial charge >= 0.3 is 0 Å². The molecule has 0 bridgehead atoms. The lowest BCUT2D eigenvalue weighted by Crippen LogP contribution is -2.37. The van der Waals surface area contributed by atoms with Crippen LogP contribution in [-0.4, -0.2) is 11.9 Å². The monoisotopic (exact) mass is 218 g/mol. The Hall–Kier alpha value is 0.210. The molecule has 3 heteroatoms. The van der Waals surface area contributed by atoms with Crippen molar-refractivity contribution in [1.29, 1.82) is 0 Å². The van der Waals surface area contributed by atoms with E-state index in [1.807, 2.05) is 0 Å². The highest BCUT2D eigenvalue weighted by atomic mass is 35.5. The summed E-state index contributed by atoms with van der Waals surface area (Å²) < 4.78 is 0. The predicted octanol–water partition coefficient (Wildman–Crippen LogP) is 2.81. The highest BCUT2D eigenvalue weighted by Crippen LogP contribution is 2.27. The molecule has 2 nitrogen and oxygen atoms in total. The number of halogens is 1. The molecule has 0 saturated heterocycles. The van der Waals surface area contributed by atoms with Crippen LogP contribution < -0.4 is 11.3 Å². The van der Waals surface area contributed by atoms with Crippen molar-refractivity contribution in [2.24, 2.45) is 11.8 Å². The molecule has 0 aliphatic heterocycles. The van der Waals surface area contributed by atoms with E-state index in [0.29, 0.717) is 6.04 Å². The second-order valence-corrected chi connectivity index (χ2v) is 4.81. The Labute approximate surface area is 92.5 Å². The van der Waals surface area contributed by atoms with Crippen LogP contribution in [-0.2, 0) is 0 Å². The summed E-state index contributed by atoms with van der Waals surface area (Å²) >= 11 is 5.68. The lowest BCUT2D eigenvalue weighted by molar-refractivity contribution is 0.291. The van der Waals surface area contributed by atoms with Crippen molar-refractivity contribution in [2.45, 2.75) is 57.4 Å². The second-order valence-electron chi connectivity index (χ2n) is 4.43. The van der Waals surface area contributed by atoms with Crippen molar-refractivity contribution in [3.05, 3.63) is 0 Å². The van der Waals surface area contributed by atoms with Crippen LogP contribution in [0.4, 0.5) is 0 Å². The maximum atomic E-state index is 5.68. The van der Waals surface area contributed by atoms with Gasteiger partial charge < -0.3 is 0 Å². The fourth-order valence-electron chi connectivity index (χ4n) is 2.42. The van der Waals surface area contributed by atoms with Crippen LogP contribution in [0.1, 0.15) is 51.4 Å². The van der Waals surface area contributed by atoms with E-state index in [1.54, 1.807) is 0 Å². The average molecular weight is 219 g/mol. The van der Waals surface area contributed by atoms with Gasteiger partial charge in [-0.2, -0.15) is 0 Å². The normalized spacial score (nSPS) is 21.0. The van der Waals surface area contributed by atoms with Gasteiger partial charge in [-0.05, 0) is 25.2 Å². The van der Waals surface area contributed by atoms with Gasteiger partial charge in [0.05, 0.1) is 0 Å². The summed E-state index contributed by atoms with van der Waals surface area (Å²) in [5.74, 6) is 7.19. The number of hydrogen-bond donors (Lipinski definition) is 2. The molecule has 1 unspecified atom stereocenters. The summed E-state index contributed by atoms with van der Waals surface area (Å²) in [6.07, 6.45) is 10.5. The van der Waals surface area contributed by atoms with Crippen molar-refractivity contribution in [3.63, 3.8) is 0 Å². The standard InChI is InChI=1S/C11H23ClN2/c12-8-4-7-11(14-13)9-10-5-2-1-3-6-10/h10-11,14H,1-9,13H2. The summed E-state index contributed by atoms with van der Waals surface area (Å²) in [6.45, 7) is 0. The van der Waals surface area contributed by atoms with Crippen molar-refractivity contribution in [2.75, 3.05) is 5.88 Å². The lowest BCUT2D eigenvalue weighted by atomic mass is 9.84. The summed E-state index contributed by atoms with van der Waals surface area (Å²) in [6, 6.07) is 0.483. The Morgan fingerprint density at radius 3 is 2.57 bits per heavy atom. The number of hydrazine groups is 1. The van der Waals surface area contributed by atoms with Gasteiger partial charge in [0.25, 0.3) is 0 Å². The van der Waals surface area contributed by atoms with E-state index in [1.165, 1.54) is 38.5 Å². The first kappa shape index (κ1) is 12.3. The van der Waals surface area contributed by atoms with Gasteiger partial charge in [0.2, 0.25) is 0 Å². The molecule has 0 aromatic rings. The Balaban J connectivity index is 2.16. The van der Waals surface area contributed by atoms with Crippen LogP contribution in [0.25, 0.3) is 0 Å². The largest absolute Gasteiger partial charge is 0.271 e. The minimum Gasteiger partial charge on any atom is -0.271 e. The van der Waals surface area contributed by atoms with Crippen molar-refractivity contribution in [1.82, 2.24) is 5.43 Å². The molecule has 0 spiro atoms. The third kappa shape index (κ3) is 4.63. The Morgan fingerprint density at radius 1 is 1.29 bits per heavy atom. The summed E-state index contributed by atoms with van der Waals surface area (Å²) in [5.41, 5.74) is 2.93. The van der Waals surface area contributed by atoms with Crippen LogP contribution in [0.15, 0.2) is 0 Å². The van der Waals surface area contributed by atoms with Crippen molar-refractivity contribution in [3.8, 4) is 0 Å². The molecular formula is C11H23ClN2. The van der Waals surface area contributed by atoms with Gasteiger partial charge in [0.15, 0.2) is 0 Å². The van der Waals surface area contributed by atoms with Gasteiger partial charge in [-0.25, -0.2) is 0 Å². The van der Waals surface area contributed by atoms with Gasteiger partial charge in [0, 0.05) is 11.9 Å². The molecule has 84 valence electrons. The Kier molecular flexibility index (Phi) is 6.57. The van der Waals surface area contributed by atoms with Crippen LogP contribution in [0, 0.1) is 5.92 Å². The smallest absolute Gasteiger partial charge is 0.0224 e. The third-order valence-electron chi connectivity index (χ3n) is 3.26. The first-order valence-corrected chi connectivity index (χ1v) is 6.42. The van der Waals surface area contributed by atoms with E-state index >= 15 is 0 Å². The van der Waals surface area contributed by atoms with E-state index in [-0.39, 0.29) is 0 Å². The van der Waals surface area contributed by atoms with Gasteiger partial charge in [-0.15, -0.1) is 11.6 Å². The zero-order chi connectivity index (χ0) is 10.2. The molecule has 0 amide bonds. The molecule has 0 aromatic heterocycles. The zero-order valence-corrected chi connectivity index (χ0v) is 9.73. The van der Waals surface area contributed by atoms with Crippen LogP contribution in [0.3, 0.4) is 0 Å². The first-order valence-electron chi connectivity index (χ1n) is 5.89. The summed E-state index contributed by atoms with van der Waals surface area (Å²) in [5, 5.41) is 0. The van der Waals surface area contributed by atoms with Crippen LogP contribution in [0.2, 0.25) is 0 Å². The maximum Gasteiger partial charge on any atom is 0.0224 e. The SMILES string of the molecule is NNC(CCCCl)CC1CCCCC1. The van der Waals surface area contributed by atoms with Gasteiger partial charge in [-0.3, -0.25) is 11.3 Å². The molecular weight excluding hydrogens is 196 g/mol. The minimum absolute atomic E-state index is 0.483. The highest BCUT2D eigenvalue weighted by molar-refractivity contribution is 6.17. The van der Waals surface area contributed by atoms with Crippen LogP contribution >= 0.6 is 11.6 Å². The lowest BCUT2D eigenvalue weighted by Gasteiger charge is -2.26. The van der Waals surface area contributed by atoms with Gasteiger partial charge in [0.1, 0.15) is 0 Å². The molecule has 1 aliphatic rings. The van der Waals surface area contributed by atoms with E-state index < -0.39 is 0 Å². The van der Waals surface area contributed by atoms with E-state index in [2.05, 4.69) is 5.43 Å². The number of hydrogen-bond acceptors (Lipinski definition) is 2. The predicted molar refractivity (Wildman–Crippen MR) is 62.3 cm³/mol. The minimum atomic E-state index is 0.483. The van der Waals surface area contributed by atoms with E-state index in [4.69, 9.17) is 17.4 Å². The topological polar surface area (TPSA) is 38.0 Å². The molecule has 1 saturated carbocycles. The summed E-state index contributed by atoms with van der Waals surface area (Å²) in [4.78, 5) is 0. The molecule has 1 atom stereocenters. The quantitative estimate of drug-likeness (QED) is 0.409. The molecule has 1 rings (SSSR count). The first-order chi connectivity index (χ1) is 6.86. The fraction of sp³-hybridized carbons (Fsp3) is 1.00.